The van der Waals surface area contributed by atoms with Gasteiger partial charge in [0.05, 0.1) is 11.6 Å². The first-order valence-corrected chi connectivity index (χ1v) is 9.12. The van der Waals surface area contributed by atoms with Gasteiger partial charge in [0.25, 0.3) is 5.91 Å². The lowest BCUT2D eigenvalue weighted by Gasteiger charge is -2.26. The molecule has 1 fully saturated rings. The van der Waals surface area contributed by atoms with Gasteiger partial charge in [0.1, 0.15) is 5.69 Å². The SMILES string of the molecule is O=C(c1ccc2ccccc2n1)N1CCCC1CC(O)c1ccccc1. The van der Waals surface area contributed by atoms with Gasteiger partial charge in [-0.25, -0.2) is 4.98 Å². The van der Waals surface area contributed by atoms with Crippen molar-refractivity contribution in [2.45, 2.75) is 31.4 Å². The van der Waals surface area contributed by atoms with Crippen LogP contribution in [-0.4, -0.2) is 33.5 Å². The first-order chi connectivity index (χ1) is 12.7. The third kappa shape index (κ3) is 3.33. The van der Waals surface area contributed by atoms with E-state index in [-0.39, 0.29) is 11.9 Å². The summed E-state index contributed by atoms with van der Waals surface area (Å²) in [6, 6.07) is 21.2. The molecule has 0 aliphatic carbocycles. The molecule has 0 saturated carbocycles. The summed E-state index contributed by atoms with van der Waals surface area (Å²) in [6.45, 7) is 0.722. The van der Waals surface area contributed by atoms with E-state index in [4.69, 9.17) is 0 Å². The van der Waals surface area contributed by atoms with Gasteiger partial charge >= 0.3 is 0 Å². The lowest BCUT2D eigenvalue weighted by Crippen LogP contribution is -2.37. The molecule has 1 saturated heterocycles. The van der Waals surface area contributed by atoms with Gasteiger partial charge in [-0.2, -0.15) is 0 Å². The number of pyridine rings is 1. The highest BCUT2D eigenvalue weighted by Gasteiger charge is 2.31. The smallest absolute Gasteiger partial charge is 0.272 e. The number of nitrogens with zero attached hydrogens (tertiary/aromatic N) is 2. The number of hydrogen-bond acceptors (Lipinski definition) is 3. The van der Waals surface area contributed by atoms with E-state index in [1.165, 1.54) is 0 Å². The Morgan fingerprint density at radius 3 is 2.69 bits per heavy atom. The highest BCUT2D eigenvalue weighted by Crippen LogP contribution is 2.28. The Labute approximate surface area is 153 Å². The van der Waals surface area contributed by atoms with Crippen molar-refractivity contribution in [2.24, 2.45) is 0 Å². The third-order valence-corrected chi connectivity index (χ3v) is 5.14. The second-order valence-electron chi connectivity index (χ2n) is 6.85. The fourth-order valence-electron chi connectivity index (χ4n) is 3.75. The Bertz CT molecular complexity index is 910. The van der Waals surface area contributed by atoms with Crippen molar-refractivity contribution in [3.05, 3.63) is 78.0 Å². The van der Waals surface area contributed by atoms with Gasteiger partial charge < -0.3 is 10.0 Å². The van der Waals surface area contributed by atoms with Gasteiger partial charge in [-0.3, -0.25) is 4.79 Å². The van der Waals surface area contributed by atoms with Crippen LogP contribution in [0.25, 0.3) is 10.9 Å². The maximum atomic E-state index is 13.0. The summed E-state index contributed by atoms with van der Waals surface area (Å²) >= 11 is 0. The third-order valence-electron chi connectivity index (χ3n) is 5.14. The predicted molar refractivity (Wildman–Crippen MR) is 102 cm³/mol. The fraction of sp³-hybridized carbons (Fsp3) is 0.273. The molecule has 4 nitrogen and oxygen atoms in total. The molecule has 2 aromatic carbocycles. The first kappa shape index (κ1) is 16.7. The summed E-state index contributed by atoms with van der Waals surface area (Å²) in [5.41, 5.74) is 2.21. The number of aliphatic hydroxyl groups is 1. The molecule has 1 aromatic heterocycles. The van der Waals surface area contributed by atoms with Crippen molar-refractivity contribution in [1.82, 2.24) is 9.88 Å². The van der Waals surface area contributed by atoms with Gasteiger partial charge in [0.15, 0.2) is 0 Å². The van der Waals surface area contributed by atoms with E-state index in [1.54, 1.807) is 6.07 Å². The molecule has 3 aromatic rings. The number of carbonyl (C=O) groups is 1. The highest BCUT2D eigenvalue weighted by molar-refractivity contribution is 5.95. The molecule has 1 aliphatic rings. The largest absolute Gasteiger partial charge is 0.388 e. The fourth-order valence-corrected chi connectivity index (χ4v) is 3.75. The second kappa shape index (κ2) is 7.26. The maximum absolute atomic E-state index is 13.0. The van der Waals surface area contributed by atoms with Crippen molar-refractivity contribution in [1.29, 1.82) is 0 Å². The molecule has 4 rings (SSSR count). The minimum atomic E-state index is -0.556. The average Bonchev–Trinajstić information content (AvgIpc) is 3.15. The van der Waals surface area contributed by atoms with Crippen LogP contribution in [0, 0.1) is 0 Å². The molecule has 0 radical (unpaired) electrons. The topological polar surface area (TPSA) is 53.4 Å². The van der Waals surface area contributed by atoms with Crippen LogP contribution in [0.15, 0.2) is 66.7 Å². The molecule has 4 heteroatoms. The number of carbonyl (C=O) groups excluding carboxylic acids is 1. The van der Waals surface area contributed by atoms with Crippen molar-refractivity contribution in [3.8, 4) is 0 Å². The van der Waals surface area contributed by atoms with E-state index in [9.17, 15) is 9.90 Å². The van der Waals surface area contributed by atoms with Gasteiger partial charge in [-0.15, -0.1) is 0 Å². The highest BCUT2D eigenvalue weighted by atomic mass is 16.3. The molecule has 1 N–H and O–H groups in total. The lowest BCUT2D eigenvalue weighted by atomic mass is 10.0. The van der Waals surface area contributed by atoms with Crippen LogP contribution in [0.4, 0.5) is 0 Å². The number of amides is 1. The minimum absolute atomic E-state index is 0.0430. The van der Waals surface area contributed by atoms with Gasteiger partial charge in [-0.05, 0) is 37.0 Å². The van der Waals surface area contributed by atoms with Crippen molar-refractivity contribution in [3.63, 3.8) is 0 Å². The van der Waals surface area contributed by atoms with Gasteiger partial charge in [-0.1, -0.05) is 54.6 Å². The molecule has 0 bridgehead atoms. The van der Waals surface area contributed by atoms with Crippen LogP contribution in [0.1, 0.15) is 41.4 Å². The molecule has 1 amide bonds. The van der Waals surface area contributed by atoms with Crippen LogP contribution in [0.3, 0.4) is 0 Å². The Morgan fingerprint density at radius 1 is 1.08 bits per heavy atom. The lowest BCUT2D eigenvalue weighted by molar-refractivity contribution is 0.0662. The van der Waals surface area contributed by atoms with E-state index in [2.05, 4.69) is 4.98 Å². The molecular formula is C22H22N2O2. The number of rotatable bonds is 4. The number of likely N-dealkylation sites (tertiary alicyclic amines) is 1. The van der Waals surface area contributed by atoms with Crippen molar-refractivity contribution < 1.29 is 9.90 Å². The van der Waals surface area contributed by atoms with E-state index in [1.807, 2.05) is 65.6 Å². The molecule has 2 atom stereocenters. The van der Waals surface area contributed by atoms with Crippen molar-refractivity contribution in [2.75, 3.05) is 6.54 Å². The van der Waals surface area contributed by atoms with Crippen LogP contribution in [0.5, 0.6) is 0 Å². The molecule has 1 aliphatic heterocycles. The van der Waals surface area contributed by atoms with E-state index in [0.29, 0.717) is 12.1 Å². The summed E-state index contributed by atoms with van der Waals surface area (Å²) in [5.74, 6) is -0.0430. The van der Waals surface area contributed by atoms with Gasteiger partial charge in [0.2, 0.25) is 0 Å². The number of benzene rings is 2. The van der Waals surface area contributed by atoms with Crippen LogP contribution >= 0.6 is 0 Å². The van der Waals surface area contributed by atoms with Crippen LogP contribution in [0.2, 0.25) is 0 Å². The number of para-hydroxylation sites is 1. The Kier molecular flexibility index (Phi) is 4.67. The molecule has 26 heavy (non-hydrogen) atoms. The Hall–Kier alpha value is -2.72. The molecule has 132 valence electrons. The zero-order chi connectivity index (χ0) is 17.9. The number of aromatic nitrogens is 1. The standard InChI is InChI=1S/C22H22N2O2/c25-21(17-8-2-1-3-9-17)15-18-10-6-14-24(18)22(26)20-13-12-16-7-4-5-11-19(16)23-20/h1-5,7-9,11-13,18,21,25H,6,10,14-15H2. The molecule has 0 spiro atoms. The normalized spacial score (nSPS) is 18.2. The van der Waals surface area contributed by atoms with Crippen molar-refractivity contribution >= 4 is 16.8 Å². The summed E-state index contributed by atoms with van der Waals surface area (Å²) in [5, 5.41) is 11.6. The number of fused-ring (bicyclic) bond motifs is 1. The summed E-state index contributed by atoms with van der Waals surface area (Å²) in [6.07, 6.45) is 1.89. The zero-order valence-corrected chi connectivity index (χ0v) is 14.6. The number of hydrogen-bond donors (Lipinski definition) is 1. The molecular weight excluding hydrogens is 324 g/mol. The number of aliphatic hydroxyl groups excluding tert-OH is 1. The monoisotopic (exact) mass is 346 g/mol. The zero-order valence-electron chi connectivity index (χ0n) is 14.6. The first-order valence-electron chi connectivity index (χ1n) is 9.12. The van der Waals surface area contributed by atoms with E-state index < -0.39 is 6.10 Å². The van der Waals surface area contributed by atoms with E-state index >= 15 is 0 Å². The maximum Gasteiger partial charge on any atom is 0.272 e. The van der Waals surface area contributed by atoms with Crippen LogP contribution < -0.4 is 0 Å². The van der Waals surface area contributed by atoms with E-state index in [0.717, 1.165) is 35.9 Å². The van der Waals surface area contributed by atoms with Gasteiger partial charge in [0, 0.05) is 18.0 Å². The second-order valence-corrected chi connectivity index (χ2v) is 6.85. The van der Waals surface area contributed by atoms with Crippen LogP contribution in [-0.2, 0) is 0 Å². The average molecular weight is 346 g/mol. The predicted octanol–water partition coefficient (Wildman–Crippen LogP) is 3.96. The molecule has 2 unspecified atom stereocenters. The quantitative estimate of drug-likeness (QED) is 0.778. The molecule has 2 heterocycles. The Balaban J connectivity index is 1.52. The summed E-state index contributed by atoms with van der Waals surface area (Å²) in [4.78, 5) is 19.4. The summed E-state index contributed by atoms with van der Waals surface area (Å²) in [7, 11) is 0. The minimum Gasteiger partial charge on any atom is -0.388 e. The Morgan fingerprint density at radius 2 is 1.85 bits per heavy atom. The summed E-state index contributed by atoms with van der Waals surface area (Å²) < 4.78 is 0.